The van der Waals surface area contributed by atoms with Crippen molar-refractivity contribution in [3.05, 3.63) is 57.5 Å². The van der Waals surface area contributed by atoms with Crippen molar-refractivity contribution >= 4 is 11.3 Å². The first kappa shape index (κ1) is 13.0. The van der Waals surface area contributed by atoms with Crippen LogP contribution in [0, 0.1) is 5.82 Å². The molecule has 96 valence electrons. The normalized spacial score (nSPS) is 13.6. The van der Waals surface area contributed by atoms with Crippen LogP contribution < -0.4 is 5.73 Å². The number of hydrogen-bond donors (Lipinski definition) is 1. The van der Waals surface area contributed by atoms with Gasteiger partial charge in [0.15, 0.2) is 0 Å². The lowest BCUT2D eigenvalue weighted by Gasteiger charge is -2.17. The van der Waals surface area contributed by atoms with Gasteiger partial charge in [0.1, 0.15) is 5.82 Å². The molecule has 0 aliphatic heterocycles. The molecule has 1 heterocycles. The highest BCUT2D eigenvalue weighted by molar-refractivity contribution is 7.08. The molecule has 0 unspecified atom stereocenters. The molecule has 1 aromatic carbocycles. The van der Waals surface area contributed by atoms with Gasteiger partial charge in [-0.25, -0.2) is 4.39 Å². The van der Waals surface area contributed by atoms with E-state index in [2.05, 4.69) is 0 Å². The van der Waals surface area contributed by atoms with Gasteiger partial charge in [-0.3, -0.25) is 0 Å². The van der Waals surface area contributed by atoms with Gasteiger partial charge in [0, 0.05) is 0 Å². The van der Waals surface area contributed by atoms with Crippen LogP contribution in [0.2, 0.25) is 0 Å². The summed E-state index contributed by atoms with van der Waals surface area (Å²) in [4.78, 5) is 0. The fourth-order valence-electron chi connectivity index (χ4n) is 1.68. The molecule has 0 radical (unpaired) electrons. The second-order valence-electron chi connectivity index (χ2n) is 3.76. The molecule has 6 heteroatoms. The maximum absolute atomic E-state index is 13.1. The predicted octanol–water partition coefficient (Wildman–Crippen LogP) is 3.95. The lowest BCUT2D eigenvalue weighted by atomic mass is 9.96. The average molecular weight is 275 g/mol. The van der Waals surface area contributed by atoms with Crippen LogP contribution in [0.15, 0.2) is 35.0 Å². The molecule has 18 heavy (non-hydrogen) atoms. The second kappa shape index (κ2) is 4.70. The van der Waals surface area contributed by atoms with Crippen molar-refractivity contribution in [2.75, 3.05) is 0 Å². The summed E-state index contributed by atoms with van der Waals surface area (Å²) in [5.41, 5.74) is 5.16. The number of benzene rings is 1. The Labute approximate surface area is 105 Å². The molecule has 0 saturated heterocycles. The van der Waals surface area contributed by atoms with Crippen LogP contribution in [0.25, 0.3) is 0 Å². The Morgan fingerprint density at radius 3 is 2.44 bits per heavy atom. The zero-order valence-corrected chi connectivity index (χ0v) is 9.86. The summed E-state index contributed by atoms with van der Waals surface area (Å²) in [6.07, 6.45) is -4.54. The molecule has 1 atom stereocenters. The van der Waals surface area contributed by atoms with Gasteiger partial charge in [-0.05, 0) is 46.2 Å². The topological polar surface area (TPSA) is 26.0 Å². The van der Waals surface area contributed by atoms with Crippen LogP contribution in [-0.4, -0.2) is 0 Å². The first-order valence-electron chi connectivity index (χ1n) is 5.04. The number of thiophene rings is 1. The van der Waals surface area contributed by atoms with E-state index in [1.807, 2.05) is 0 Å². The quantitative estimate of drug-likeness (QED) is 0.825. The largest absolute Gasteiger partial charge is 0.416 e. The van der Waals surface area contributed by atoms with Gasteiger partial charge in [0.25, 0.3) is 0 Å². The maximum Gasteiger partial charge on any atom is 0.416 e. The zero-order chi connectivity index (χ0) is 13.3. The fourth-order valence-corrected chi connectivity index (χ4v) is 2.38. The van der Waals surface area contributed by atoms with E-state index < -0.39 is 23.6 Å². The molecular formula is C12H9F4NS. The first-order valence-corrected chi connectivity index (χ1v) is 5.98. The molecule has 0 aliphatic rings. The van der Waals surface area contributed by atoms with Gasteiger partial charge in [0.2, 0.25) is 0 Å². The van der Waals surface area contributed by atoms with E-state index in [4.69, 9.17) is 5.73 Å². The molecule has 0 amide bonds. The van der Waals surface area contributed by atoms with Crippen LogP contribution >= 0.6 is 11.3 Å². The molecular weight excluding hydrogens is 266 g/mol. The SMILES string of the molecule is N[C@@H](c1ccsc1)c1cc(F)ccc1C(F)(F)F. The number of nitrogens with two attached hydrogens (primary N) is 1. The monoisotopic (exact) mass is 275 g/mol. The molecule has 0 bridgehead atoms. The highest BCUT2D eigenvalue weighted by Gasteiger charge is 2.35. The van der Waals surface area contributed by atoms with Crippen molar-refractivity contribution in [2.45, 2.75) is 12.2 Å². The first-order chi connectivity index (χ1) is 8.39. The summed E-state index contributed by atoms with van der Waals surface area (Å²) >= 11 is 1.33. The highest BCUT2D eigenvalue weighted by atomic mass is 32.1. The van der Waals surface area contributed by atoms with Crippen molar-refractivity contribution in [3.8, 4) is 0 Å². The Morgan fingerprint density at radius 1 is 1.17 bits per heavy atom. The summed E-state index contributed by atoms with van der Waals surface area (Å²) in [7, 11) is 0. The van der Waals surface area contributed by atoms with E-state index in [1.54, 1.807) is 16.8 Å². The van der Waals surface area contributed by atoms with E-state index in [-0.39, 0.29) is 5.56 Å². The summed E-state index contributed by atoms with van der Waals surface area (Å²) in [5, 5.41) is 3.36. The number of hydrogen-bond acceptors (Lipinski definition) is 2. The van der Waals surface area contributed by atoms with Crippen LogP contribution in [0.5, 0.6) is 0 Å². The van der Waals surface area contributed by atoms with Crippen LogP contribution in [0.4, 0.5) is 17.6 Å². The second-order valence-corrected chi connectivity index (χ2v) is 4.54. The summed E-state index contributed by atoms with van der Waals surface area (Å²) in [6, 6.07) is 2.98. The zero-order valence-electron chi connectivity index (χ0n) is 9.04. The van der Waals surface area contributed by atoms with Gasteiger partial charge in [-0.15, -0.1) is 0 Å². The molecule has 2 rings (SSSR count). The van der Waals surface area contributed by atoms with Crippen LogP contribution in [0.3, 0.4) is 0 Å². The molecule has 2 N–H and O–H groups in total. The number of rotatable bonds is 2. The lowest BCUT2D eigenvalue weighted by molar-refractivity contribution is -0.138. The third-order valence-corrected chi connectivity index (χ3v) is 3.26. The Balaban J connectivity index is 2.52. The third-order valence-electron chi connectivity index (χ3n) is 2.56. The molecule has 0 saturated carbocycles. The summed E-state index contributed by atoms with van der Waals surface area (Å²) < 4.78 is 51.5. The molecule has 0 fully saturated rings. The Morgan fingerprint density at radius 2 is 1.89 bits per heavy atom. The Hall–Kier alpha value is -1.40. The van der Waals surface area contributed by atoms with E-state index in [0.29, 0.717) is 5.56 Å². The van der Waals surface area contributed by atoms with Crippen molar-refractivity contribution in [2.24, 2.45) is 5.73 Å². The van der Waals surface area contributed by atoms with Crippen LogP contribution in [-0.2, 0) is 6.18 Å². The van der Waals surface area contributed by atoms with Gasteiger partial charge < -0.3 is 5.73 Å². The standard InChI is InChI=1S/C12H9F4NS/c13-8-1-2-10(12(14,15)16)9(5-8)11(17)7-3-4-18-6-7/h1-6,11H,17H2/t11-/m0/s1. The maximum atomic E-state index is 13.1. The minimum absolute atomic E-state index is 0.249. The lowest BCUT2D eigenvalue weighted by Crippen LogP contribution is -2.18. The van der Waals surface area contributed by atoms with E-state index in [9.17, 15) is 17.6 Å². The summed E-state index contributed by atoms with van der Waals surface area (Å²) in [6.45, 7) is 0. The molecule has 0 spiro atoms. The predicted molar refractivity (Wildman–Crippen MR) is 61.8 cm³/mol. The minimum atomic E-state index is -4.54. The highest BCUT2D eigenvalue weighted by Crippen LogP contribution is 2.36. The Bertz CT molecular complexity index is 534. The summed E-state index contributed by atoms with van der Waals surface area (Å²) in [5.74, 6) is -0.733. The Kier molecular flexibility index (Phi) is 3.41. The molecule has 2 aromatic rings. The number of alkyl halides is 3. The van der Waals surface area contributed by atoms with Crippen LogP contribution in [0.1, 0.15) is 22.7 Å². The molecule has 0 aliphatic carbocycles. The van der Waals surface area contributed by atoms with E-state index in [0.717, 1.165) is 18.2 Å². The minimum Gasteiger partial charge on any atom is -0.320 e. The van der Waals surface area contributed by atoms with Crippen molar-refractivity contribution in [3.63, 3.8) is 0 Å². The van der Waals surface area contributed by atoms with E-state index >= 15 is 0 Å². The molecule has 1 nitrogen and oxygen atoms in total. The van der Waals surface area contributed by atoms with Gasteiger partial charge in [-0.1, -0.05) is 0 Å². The van der Waals surface area contributed by atoms with Gasteiger partial charge in [-0.2, -0.15) is 24.5 Å². The third kappa shape index (κ3) is 2.54. The van der Waals surface area contributed by atoms with Crippen molar-refractivity contribution < 1.29 is 17.6 Å². The van der Waals surface area contributed by atoms with Crippen molar-refractivity contribution in [1.82, 2.24) is 0 Å². The average Bonchev–Trinajstić information content (AvgIpc) is 2.79. The van der Waals surface area contributed by atoms with E-state index in [1.165, 1.54) is 11.3 Å². The fraction of sp³-hybridized carbons (Fsp3) is 0.167. The van der Waals surface area contributed by atoms with Gasteiger partial charge >= 0.3 is 6.18 Å². The smallest absolute Gasteiger partial charge is 0.320 e. The molecule has 1 aromatic heterocycles. The number of halogens is 4. The van der Waals surface area contributed by atoms with Gasteiger partial charge in [0.05, 0.1) is 11.6 Å². The van der Waals surface area contributed by atoms with Crippen molar-refractivity contribution in [1.29, 1.82) is 0 Å².